The van der Waals surface area contributed by atoms with E-state index in [0.717, 1.165) is 5.52 Å². The van der Waals surface area contributed by atoms with Gasteiger partial charge >= 0.3 is 5.69 Å². The molecule has 130 valence electrons. The van der Waals surface area contributed by atoms with Crippen LogP contribution in [0.2, 0.25) is 0 Å². The molecule has 0 aliphatic rings. The highest BCUT2D eigenvalue weighted by Gasteiger charge is 2.15. The van der Waals surface area contributed by atoms with Crippen LogP contribution in [0, 0.1) is 0 Å². The molecule has 8 nitrogen and oxygen atoms in total. The van der Waals surface area contributed by atoms with Gasteiger partial charge in [-0.15, -0.1) is 10.2 Å². The standard InChI is InChI=1S/C17H14N6O2S/c1-22-12-7-2-3-8-13(12)23(17(22)25)10-14(24)19-16-21-20-15(26-16)11-6-4-5-9-18-11/h2-9H,10H2,1H3,(H,19,21,24). The number of rotatable bonds is 4. The molecule has 3 heterocycles. The maximum atomic E-state index is 12.4. The first-order chi connectivity index (χ1) is 12.6. The number of benzene rings is 1. The van der Waals surface area contributed by atoms with Gasteiger partial charge in [0.05, 0.1) is 11.0 Å². The number of carbonyl (C=O) groups is 1. The second-order valence-electron chi connectivity index (χ2n) is 5.59. The van der Waals surface area contributed by atoms with Crippen LogP contribution in [0.5, 0.6) is 0 Å². The lowest BCUT2D eigenvalue weighted by molar-refractivity contribution is -0.116. The summed E-state index contributed by atoms with van der Waals surface area (Å²) in [5, 5.41) is 11.7. The summed E-state index contributed by atoms with van der Waals surface area (Å²) >= 11 is 1.23. The molecule has 1 N–H and O–H groups in total. The molecule has 0 spiro atoms. The minimum Gasteiger partial charge on any atom is -0.299 e. The third-order valence-corrected chi connectivity index (χ3v) is 4.77. The molecule has 1 amide bonds. The second-order valence-corrected chi connectivity index (χ2v) is 6.57. The van der Waals surface area contributed by atoms with Gasteiger partial charge in [-0.05, 0) is 24.3 Å². The Hall–Kier alpha value is -3.33. The Balaban J connectivity index is 1.55. The molecule has 3 aromatic heterocycles. The van der Waals surface area contributed by atoms with Crippen molar-refractivity contribution in [2.75, 3.05) is 5.32 Å². The van der Waals surface area contributed by atoms with Crippen molar-refractivity contribution in [2.45, 2.75) is 6.54 Å². The smallest absolute Gasteiger partial charge is 0.299 e. The number of hydrogen-bond donors (Lipinski definition) is 1. The van der Waals surface area contributed by atoms with E-state index in [2.05, 4.69) is 20.5 Å². The molecular weight excluding hydrogens is 352 g/mol. The van der Waals surface area contributed by atoms with E-state index < -0.39 is 0 Å². The molecule has 0 aliphatic carbocycles. The highest BCUT2D eigenvalue weighted by Crippen LogP contribution is 2.24. The Bertz CT molecular complexity index is 1140. The molecule has 0 atom stereocenters. The van der Waals surface area contributed by atoms with Gasteiger partial charge in [0.25, 0.3) is 0 Å². The van der Waals surface area contributed by atoms with Gasteiger partial charge in [0.2, 0.25) is 11.0 Å². The topological polar surface area (TPSA) is 94.7 Å². The lowest BCUT2D eigenvalue weighted by atomic mass is 10.3. The van der Waals surface area contributed by atoms with Crippen LogP contribution in [-0.4, -0.2) is 30.2 Å². The van der Waals surface area contributed by atoms with E-state index in [1.807, 2.05) is 42.5 Å². The van der Waals surface area contributed by atoms with E-state index in [-0.39, 0.29) is 18.1 Å². The zero-order chi connectivity index (χ0) is 18.1. The number of para-hydroxylation sites is 2. The average Bonchev–Trinajstić information content (AvgIpc) is 3.22. The molecule has 0 saturated heterocycles. The van der Waals surface area contributed by atoms with Gasteiger partial charge in [-0.3, -0.25) is 24.2 Å². The largest absolute Gasteiger partial charge is 0.329 e. The molecule has 26 heavy (non-hydrogen) atoms. The molecule has 4 rings (SSSR count). The number of carbonyl (C=O) groups excluding carboxylic acids is 1. The predicted molar refractivity (Wildman–Crippen MR) is 98.9 cm³/mol. The first-order valence-corrected chi connectivity index (χ1v) is 8.64. The summed E-state index contributed by atoms with van der Waals surface area (Å²) in [6.45, 7) is -0.0985. The van der Waals surface area contributed by atoms with E-state index in [1.165, 1.54) is 20.5 Å². The number of fused-ring (bicyclic) bond motifs is 1. The number of amides is 1. The summed E-state index contributed by atoms with van der Waals surface area (Å²) in [6.07, 6.45) is 1.67. The molecule has 0 fully saturated rings. The summed E-state index contributed by atoms with van der Waals surface area (Å²) in [5.41, 5.74) is 1.93. The summed E-state index contributed by atoms with van der Waals surface area (Å²) < 4.78 is 2.96. The van der Waals surface area contributed by atoms with Crippen LogP contribution >= 0.6 is 11.3 Å². The Morgan fingerprint density at radius 3 is 2.65 bits per heavy atom. The lowest BCUT2D eigenvalue weighted by Gasteiger charge is -2.03. The van der Waals surface area contributed by atoms with Crippen molar-refractivity contribution < 1.29 is 4.79 Å². The van der Waals surface area contributed by atoms with E-state index in [1.54, 1.807) is 13.2 Å². The highest BCUT2D eigenvalue weighted by molar-refractivity contribution is 7.18. The number of pyridine rings is 1. The molecule has 0 unspecified atom stereocenters. The fourth-order valence-electron chi connectivity index (χ4n) is 2.68. The number of hydrogen-bond acceptors (Lipinski definition) is 6. The van der Waals surface area contributed by atoms with Crippen LogP contribution < -0.4 is 11.0 Å². The maximum absolute atomic E-state index is 12.4. The summed E-state index contributed by atoms with van der Waals surface area (Å²) in [5.74, 6) is -0.341. The fourth-order valence-corrected chi connectivity index (χ4v) is 3.42. The number of aryl methyl sites for hydroxylation is 1. The highest BCUT2D eigenvalue weighted by atomic mass is 32.1. The van der Waals surface area contributed by atoms with Crippen molar-refractivity contribution in [3.8, 4) is 10.7 Å². The Labute approximate surface area is 151 Å². The number of aromatic nitrogens is 5. The summed E-state index contributed by atoms with van der Waals surface area (Å²) in [7, 11) is 1.68. The van der Waals surface area contributed by atoms with Crippen LogP contribution in [0.3, 0.4) is 0 Å². The molecule has 0 aliphatic heterocycles. The van der Waals surface area contributed by atoms with Crippen LogP contribution in [0.4, 0.5) is 5.13 Å². The first-order valence-electron chi connectivity index (χ1n) is 7.82. The van der Waals surface area contributed by atoms with Crippen molar-refractivity contribution in [1.82, 2.24) is 24.3 Å². The lowest BCUT2D eigenvalue weighted by Crippen LogP contribution is -2.28. The van der Waals surface area contributed by atoms with Gasteiger partial charge in [0.1, 0.15) is 12.2 Å². The molecule has 4 aromatic rings. The summed E-state index contributed by atoms with van der Waals surface area (Å²) in [4.78, 5) is 29.0. The van der Waals surface area contributed by atoms with Gasteiger partial charge in [-0.25, -0.2) is 4.79 Å². The number of imidazole rings is 1. The number of nitrogens with one attached hydrogen (secondary N) is 1. The van der Waals surface area contributed by atoms with Gasteiger partial charge in [0.15, 0.2) is 5.01 Å². The van der Waals surface area contributed by atoms with Crippen molar-refractivity contribution in [3.63, 3.8) is 0 Å². The Morgan fingerprint density at radius 1 is 1.12 bits per heavy atom. The molecular formula is C17H14N6O2S. The zero-order valence-corrected chi connectivity index (χ0v) is 14.6. The Kier molecular flexibility index (Phi) is 4.05. The monoisotopic (exact) mass is 366 g/mol. The van der Waals surface area contributed by atoms with Crippen molar-refractivity contribution in [3.05, 3.63) is 59.1 Å². The van der Waals surface area contributed by atoms with Gasteiger partial charge in [-0.1, -0.05) is 29.5 Å². The van der Waals surface area contributed by atoms with Crippen molar-refractivity contribution in [2.24, 2.45) is 7.05 Å². The normalized spacial score (nSPS) is 11.0. The minimum atomic E-state index is -0.341. The van der Waals surface area contributed by atoms with Crippen molar-refractivity contribution in [1.29, 1.82) is 0 Å². The molecule has 0 bridgehead atoms. The minimum absolute atomic E-state index is 0.0985. The first kappa shape index (κ1) is 16.2. The molecule has 9 heteroatoms. The third-order valence-electron chi connectivity index (χ3n) is 3.91. The third kappa shape index (κ3) is 2.88. The molecule has 1 aromatic carbocycles. The van der Waals surface area contributed by atoms with E-state index in [9.17, 15) is 9.59 Å². The van der Waals surface area contributed by atoms with Crippen molar-refractivity contribution >= 4 is 33.4 Å². The van der Waals surface area contributed by atoms with E-state index >= 15 is 0 Å². The van der Waals surface area contributed by atoms with Crippen LogP contribution in [0.25, 0.3) is 21.7 Å². The fraction of sp³-hybridized carbons (Fsp3) is 0.118. The second kappa shape index (κ2) is 6.52. The van der Waals surface area contributed by atoms with E-state index in [4.69, 9.17) is 0 Å². The predicted octanol–water partition coefficient (Wildman–Crippen LogP) is 1.89. The number of anilines is 1. The van der Waals surface area contributed by atoms with Gasteiger partial charge < -0.3 is 0 Å². The SMILES string of the molecule is Cn1c(=O)n(CC(=O)Nc2nnc(-c3ccccn3)s2)c2ccccc21. The Morgan fingerprint density at radius 2 is 1.88 bits per heavy atom. The molecule has 0 saturated carbocycles. The van der Waals surface area contributed by atoms with E-state index in [0.29, 0.717) is 21.3 Å². The number of nitrogens with zero attached hydrogens (tertiary/aromatic N) is 5. The molecule has 0 radical (unpaired) electrons. The average molecular weight is 366 g/mol. The summed E-state index contributed by atoms with van der Waals surface area (Å²) in [6, 6.07) is 12.8. The van der Waals surface area contributed by atoms with Crippen LogP contribution in [0.15, 0.2) is 53.5 Å². The maximum Gasteiger partial charge on any atom is 0.329 e. The van der Waals surface area contributed by atoms with Gasteiger partial charge in [0, 0.05) is 13.2 Å². The van der Waals surface area contributed by atoms with Gasteiger partial charge in [-0.2, -0.15) is 0 Å². The quantitative estimate of drug-likeness (QED) is 0.595. The van der Waals surface area contributed by atoms with Crippen LogP contribution in [0.1, 0.15) is 0 Å². The van der Waals surface area contributed by atoms with Crippen LogP contribution in [-0.2, 0) is 18.4 Å². The zero-order valence-electron chi connectivity index (χ0n) is 13.8.